The SMILES string of the molecule is C=CC(=O)OCC(C)C(O)(O)O. The maximum atomic E-state index is 10.5. The molecule has 70 valence electrons. The molecule has 0 heterocycles. The van der Waals surface area contributed by atoms with Gasteiger partial charge in [-0.25, -0.2) is 4.79 Å². The van der Waals surface area contributed by atoms with Crippen LogP contribution in [0.5, 0.6) is 0 Å². The molecule has 0 spiro atoms. The van der Waals surface area contributed by atoms with Gasteiger partial charge >= 0.3 is 5.97 Å². The lowest BCUT2D eigenvalue weighted by atomic mass is 10.1. The summed E-state index contributed by atoms with van der Waals surface area (Å²) in [6.07, 6.45) is 0.945. The average Bonchev–Trinajstić information content (AvgIpc) is 1.97. The van der Waals surface area contributed by atoms with Crippen LogP contribution in [0.25, 0.3) is 0 Å². The normalized spacial score (nSPS) is 13.7. The zero-order valence-electron chi connectivity index (χ0n) is 6.73. The lowest BCUT2D eigenvalue weighted by Gasteiger charge is -2.21. The summed E-state index contributed by atoms with van der Waals surface area (Å²) in [6.45, 7) is 4.17. The molecule has 0 aromatic heterocycles. The van der Waals surface area contributed by atoms with E-state index >= 15 is 0 Å². The van der Waals surface area contributed by atoms with Crippen LogP contribution in [-0.4, -0.2) is 33.9 Å². The summed E-state index contributed by atoms with van der Waals surface area (Å²) in [6, 6.07) is 0. The van der Waals surface area contributed by atoms with Crippen LogP contribution in [0.15, 0.2) is 12.7 Å². The number of aliphatic hydroxyl groups is 3. The first-order chi connectivity index (χ1) is 5.38. The molecule has 0 amide bonds. The highest BCUT2D eigenvalue weighted by Gasteiger charge is 2.28. The first-order valence-electron chi connectivity index (χ1n) is 3.34. The fourth-order valence-electron chi connectivity index (χ4n) is 0.378. The predicted octanol–water partition coefficient (Wildman–Crippen LogP) is -1.02. The van der Waals surface area contributed by atoms with Gasteiger partial charge in [-0.15, -0.1) is 0 Å². The fraction of sp³-hybridized carbons (Fsp3) is 0.571. The van der Waals surface area contributed by atoms with Crippen molar-refractivity contribution in [3.63, 3.8) is 0 Å². The Morgan fingerprint density at radius 3 is 2.50 bits per heavy atom. The van der Waals surface area contributed by atoms with Crippen molar-refractivity contribution in [2.24, 2.45) is 5.92 Å². The molecule has 1 atom stereocenters. The Bertz CT molecular complexity index is 169. The van der Waals surface area contributed by atoms with Gasteiger partial charge in [0.1, 0.15) is 6.61 Å². The molecule has 0 saturated carbocycles. The van der Waals surface area contributed by atoms with E-state index < -0.39 is 17.9 Å². The van der Waals surface area contributed by atoms with Gasteiger partial charge in [-0.2, -0.15) is 0 Å². The van der Waals surface area contributed by atoms with Gasteiger partial charge in [0.2, 0.25) is 0 Å². The molecule has 5 heteroatoms. The largest absolute Gasteiger partial charge is 0.462 e. The molecule has 0 radical (unpaired) electrons. The summed E-state index contributed by atoms with van der Waals surface area (Å²) >= 11 is 0. The molecule has 0 aliphatic heterocycles. The van der Waals surface area contributed by atoms with E-state index in [-0.39, 0.29) is 6.61 Å². The molecule has 3 N–H and O–H groups in total. The van der Waals surface area contributed by atoms with Crippen molar-refractivity contribution in [1.82, 2.24) is 0 Å². The van der Waals surface area contributed by atoms with Gasteiger partial charge in [0.15, 0.2) is 0 Å². The minimum atomic E-state index is -2.82. The smallest absolute Gasteiger partial charge is 0.330 e. The van der Waals surface area contributed by atoms with Crippen molar-refractivity contribution in [2.75, 3.05) is 6.61 Å². The number of hydrogen-bond donors (Lipinski definition) is 3. The van der Waals surface area contributed by atoms with Crippen molar-refractivity contribution in [1.29, 1.82) is 0 Å². The lowest BCUT2D eigenvalue weighted by Crippen LogP contribution is -2.38. The quantitative estimate of drug-likeness (QED) is 0.290. The van der Waals surface area contributed by atoms with E-state index in [9.17, 15) is 4.79 Å². The molecule has 0 aromatic carbocycles. The van der Waals surface area contributed by atoms with E-state index in [1.54, 1.807) is 0 Å². The Balaban J connectivity index is 3.79. The zero-order chi connectivity index (χ0) is 9.78. The molecule has 0 aliphatic rings. The van der Waals surface area contributed by atoms with E-state index in [4.69, 9.17) is 15.3 Å². The second kappa shape index (κ2) is 4.20. The summed E-state index contributed by atoms with van der Waals surface area (Å²) in [4.78, 5) is 10.5. The summed E-state index contributed by atoms with van der Waals surface area (Å²) in [5.41, 5.74) is 0. The molecule has 1 unspecified atom stereocenters. The number of carbonyl (C=O) groups excluding carboxylic acids is 1. The summed E-state index contributed by atoms with van der Waals surface area (Å²) in [5, 5.41) is 25.7. The minimum absolute atomic E-state index is 0.283. The third kappa shape index (κ3) is 4.07. The topological polar surface area (TPSA) is 87.0 Å². The van der Waals surface area contributed by atoms with Crippen LogP contribution < -0.4 is 0 Å². The van der Waals surface area contributed by atoms with Gasteiger partial charge in [0, 0.05) is 6.08 Å². The summed E-state index contributed by atoms with van der Waals surface area (Å²) < 4.78 is 4.44. The van der Waals surface area contributed by atoms with Crippen LogP contribution in [0.4, 0.5) is 0 Å². The highest BCUT2D eigenvalue weighted by molar-refractivity contribution is 5.81. The number of esters is 1. The molecule has 0 aromatic rings. The summed E-state index contributed by atoms with van der Waals surface area (Å²) in [5.74, 6) is -4.46. The maximum absolute atomic E-state index is 10.5. The lowest BCUT2D eigenvalue weighted by molar-refractivity contribution is -0.342. The van der Waals surface area contributed by atoms with E-state index in [0.29, 0.717) is 0 Å². The van der Waals surface area contributed by atoms with Crippen LogP contribution in [0.3, 0.4) is 0 Å². The van der Waals surface area contributed by atoms with Gasteiger partial charge < -0.3 is 20.1 Å². The molecule has 0 fully saturated rings. The van der Waals surface area contributed by atoms with Crippen LogP contribution in [-0.2, 0) is 9.53 Å². The zero-order valence-corrected chi connectivity index (χ0v) is 6.73. The third-order valence-electron chi connectivity index (χ3n) is 1.30. The van der Waals surface area contributed by atoms with Gasteiger partial charge in [0.05, 0.1) is 5.92 Å². The highest BCUT2D eigenvalue weighted by atomic mass is 16.7. The molecular formula is C7H12O5. The Morgan fingerprint density at radius 2 is 2.17 bits per heavy atom. The van der Waals surface area contributed by atoms with E-state index in [1.165, 1.54) is 6.92 Å². The van der Waals surface area contributed by atoms with E-state index in [0.717, 1.165) is 6.08 Å². The Labute approximate surface area is 69.9 Å². The second-order valence-corrected chi connectivity index (χ2v) is 2.42. The minimum Gasteiger partial charge on any atom is -0.462 e. The van der Waals surface area contributed by atoms with Gasteiger partial charge in [0.25, 0.3) is 5.97 Å². The van der Waals surface area contributed by atoms with Crippen LogP contribution in [0.1, 0.15) is 6.92 Å². The first kappa shape index (κ1) is 11.1. The molecule has 0 saturated heterocycles. The molecule has 12 heavy (non-hydrogen) atoms. The molecule has 5 nitrogen and oxygen atoms in total. The van der Waals surface area contributed by atoms with Gasteiger partial charge in [-0.1, -0.05) is 13.5 Å². The highest BCUT2D eigenvalue weighted by Crippen LogP contribution is 2.10. The van der Waals surface area contributed by atoms with Crippen LogP contribution in [0.2, 0.25) is 0 Å². The Hall–Kier alpha value is -0.910. The van der Waals surface area contributed by atoms with Crippen molar-refractivity contribution in [3.8, 4) is 0 Å². The van der Waals surface area contributed by atoms with E-state index in [1.807, 2.05) is 0 Å². The standard InChI is InChI=1S/C7H12O5/c1-3-6(8)12-4-5(2)7(9,10)11/h3,5,9-11H,1,4H2,2H3. The van der Waals surface area contributed by atoms with E-state index in [2.05, 4.69) is 11.3 Å². The van der Waals surface area contributed by atoms with Crippen molar-refractivity contribution in [3.05, 3.63) is 12.7 Å². The third-order valence-corrected chi connectivity index (χ3v) is 1.30. The second-order valence-electron chi connectivity index (χ2n) is 2.42. The number of rotatable bonds is 4. The fourth-order valence-corrected chi connectivity index (χ4v) is 0.378. The molecular weight excluding hydrogens is 164 g/mol. The predicted molar refractivity (Wildman–Crippen MR) is 39.7 cm³/mol. The Kier molecular flexibility index (Phi) is 3.88. The monoisotopic (exact) mass is 176 g/mol. The van der Waals surface area contributed by atoms with Crippen molar-refractivity contribution >= 4 is 5.97 Å². The first-order valence-corrected chi connectivity index (χ1v) is 3.34. The van der Waals surface area contributed by atoms with Crippen LogP contribution in [0, 0.1) is 5.92 Å². The number of carbonyl (C=O) groups is 1. The number of hydrogen-bond acceptors (Lipinski definition) is 5. The van der Waals surface area contributed by atoms with Crippen molar-refractivity contribution in [2.45, 2.75) is 12.9 Å². The average molecular weight is 176 g/mol. The van der Waals surface area contributed by atoms with Gasteiger partial charge in [-0.05, 0) is 0 Å². The van der Waals surface area contributed by atoms with Crippen LogP contribution >= 0.6 is 0 Å². The summed E-state index contributed by atoms with van der Waals surface area (Å²) in [7, 11) is 0. The van der Waals surface area contributed by atoms with Crippen molar-refractivity contribution < 1.29 is 24.9 Å². The molecule has 0 aliphatic carbocycles. The maximum Gasteiger partial charge on any atom is 0.330 e. The molecule has 0 bridgehead atoms. The number of ether oxygens (including phenoxy) is 1. The Morgan fingerprint density at radius 1 is 1.67 bits per heavy atom. The molecule has 0 rings (SSSR count). The van der Waals surface area contributed by atoms with Gasteiger partial charge in [-0.3, -0.25) is 0 Å².